The Bertz CT molecular complexity index is 240. The first kappa shape index (κ1) is 7.18. The van der Waals surface area contributed by atoms with Gasteiger partial charge in [0.25, 0.3) is 0 Å². The molecular weight excluding hydrogens is 144 g/mol. The number of hydrogen-bond donors (Lipinski definition) is 0. The van der Waals surface area contributed by atoms with Crippen molar-refractivity contribution in [3.05, 3.63) is 35.9 Å². The lowest BCUT2D eigenvalue weighted by Gasteiger charge is -1.84. The summed E-state index contributed by atoms with van der Waals surface area (Å²) in [5.74, 6) is 6.09. The molecule has 0 N–H and O–H groups in total. The number of benzene rings is 1. The maximum atomic E-state index is 5.38. The normalized spacial score (nSPS) is 8.10. The van der Waals surface area contributed by atoms with Crippen molar-refractivity contribution in [2.75, 3.05) is 5.88 Å². The highest BCUT2D eigenvalue weighted by Gasteiger charge is 1.78. The van der Waals surface area contributed by atoms with Gasteiger partial charge in [0.2, 0.25) is 0 Å². The smallest absolute Gasteiger partial charge is 0.0839 e. The van der Waals surface area contributed by atoms with E-state index in [1.54, 1.807) is 0 Å². The molecule has 0 aliphatic rings. The van der Waals surface area contributed by atoms with E-state index in [1.807, 2.05) is 30.3 Å². The number of rotatable bonds is 0. The van der Waals surface area contributed by atoms with E-state index in [9.17, 15) is 0 Å². The van der Waals surface area contributed by atoms with Crippen LogP contribution in [0.15, 0.2) is 30.3 Å². The van der Waals surface area contributed by atoms with Gasteiger partial charge in [-0.05, 0) is 12.1 Å². The first-order valence-corrected chi connectivity index (χ1v) is 3.57. The number of hydrogen-bond acceptors (Lipinski definition) is 0. The van der Waals surface area contributed by atoms with Crippen molar-refractivity contribution in [2.45, 2.75) is 0 Å². The molecular formula is C9H7Cl. The molecule has 0 radical (unpaired) electrons. The summed E-state index contributed by atoms with van der Waals surface area (Å²) in [6.07, 6.45) is 0. The highest BCUT2D eigenvalue weighted by Crippen LogP contribution is 1.94. The van der Waals surface area contributed by atoms with Crippen molar-refractivity contribution >= 4 is 11.6 Å². The topological polar surface area (TPSA) is 0 Å². The standard InChI is InChI=1S/C9H7Cl/c10-8-4-7-9-5-2-1-3-6-9/h1-3,5-6H,8H2. The van der Waals surface area contributed by atoms with E-state index in [1.165, 1.54) is 0 Å². The zero-order valence-corrected chi connectivity index (χ0v) is 6.23. The molecule has 0 atom stereocenters. The minimum absolute atomic E-state index is 0.398. The van der Waals surface area contributed by atoms with E-state index in [4.69, 9.17) is 11.6 Å². The fourth-order valence-corrected chi connectivity index (χ4v) is 0.724. The van der Waals surface area contributed by atoms with Gasteiger partial charge in [0.1, 0.15) is 0 Å². The second-order valence-corrected chi connectivity index (χ2v) is 2.07. The molecule has 1 rings (SSSR count). The molecule has 0 heterocycles. The maximum absolute atomic E-state index is 5.38. The minimum Gasteiger partial charge on any atom is -0.113 e. The van der Waals surface area contributed by atoms with Crippen LogP contribution < -0.4 is 0 Å². The van der Waals surface area contributed by atoms with E-state index >= 15 is 0 Å². The zero-order valence-electron chi connectivity index (χ0n) is 5.47. The Hall–Kier alpha value is -0.930. The Morgan fingerprint density at radius 3 is 2.50 bits per heavy atom. The van der Waals surface area contributed by atoms with Crippen LogP contribution in [0.1, 0.15) is 5.56 Å². The van der Waals surface area contributed by atoms with E-state index in [0.717, 1.165) is 5.56 Å². The van der Waals surface area contributed by atoms with Crippen molar-refractivity contribution in [1.82, 2.24) is 0 Å². The Labute approximate surface area is 65.8 Å². The van der Waals surface area contributed by atoms with Crippen molar-refractivity contribution in [3.63, 3.8) is 0 Å². The average Bonchev–Trinajstić information content (AvgIpc) is 2.03. The lowest BCUT2D eigenvalue weighted by molar-refractivity contribution is 1.64. The summed E-state index contributed by atoms with van der Waals surface area (Å²) in [5, 5.41) is 0. The Kier molecular flexibility index (Phi) is 2.86. The van der Waals surface area contributed by atoms with Crippen LogP contribution in [0.25, 0.3) is 0 Å². The Morgan fingerprint density at radius 1 is 1.20 bits per heavy atom. The molecule has 1 heteroatoms. The Balaban J connectivity index is 2.76. The molecule has 0 aromatic heterocycles. The maximum Gasteiger partial charge on any atom is 0.0839 e. The van der Waals surface area contributed by atoms with Crippen LogP contribution in [-0.2, 0) is 0 Å². The summed E-state index contributed by atoms with van der Waals surface area (Å²) in [4.78, 5) is 0. The molecule has 0 bridgehead atoms. The van der Waals surface area contributed by atoms with Gasteiger partial charge in [-0.3, -0.25) is 0 Å². The van der Waals surface area contributed by atoms with Gasteiger partial charge in [0.15, 0.2) is 0 Å². The van der Waals surface area contributed by atoms with E-state index in [-0.39, 0.29) is 0 Å². The molecule has 1 aromatic carbocycles. The van der Waals surface area contributed by atoms with Crippen molar-refractivity contribution < 1.29 is 0 Å². The van der Waals surface area contributed by atoms with Crippen LogP contribution in [-0.4, -0.2) is 5.88 Å². The molecule has 1 aromatic rings. The third-order valence-electron chi connectivity index (χ3n) is 1.07. The molecule has 0 saturated carbocycles. The fraction of sp³-hybridized carbons (Fsp3) is 0.111. The highest BCUT2D eigenvalue weighted by molar-refractivity contribution is 6.19. The molecule has 0 fully saturated rings. The minimum atomic E-state index is 0.398. The van der Waals surface area contributed by atoms with Gasteiger partial charge < -0.3 is 0 Å². The summed E-state index contributed by atoms with van der Waals surface area (Å²) < 4.78 is 0. The third-order valence-corrected chi connectivity index (χ3v) is 1.21. The van der Waals surface area contributed by atoms with Gasteiger partial charge in [-0.15, -0.1) is 11.6 Å². The van der Waals surface area contributed by atoms with Gasteiger partial charge >= 0.3 is 0 Å². The lowest BCUT2D eigenvalue weighted by atomic mass is 10.2. The van der Waals surface area contributed by atoms with Crippen LogP contribution in [0.3, 0.4) is 0 Å². The summed E-state index contributed by atoms with van der Waals surface area (Å²) in [7, 11) is 0. The summed E-state index contributed by atoms with van der Waals surface area (Å²) in [6, 6.07) is 9.79. The molecule has 0 nitrogen and oxygen atoms in total. The monoisotopic (exact) mass is 150 g/mol. The van der Waals surface area contributed by atoms with Crippen molar-refractivity contribution in [2.24, 2.45) is 0 Å². The average molecular weight is 151 g/mol. The predicted octanol–water partition coefficient (Wildman–Crippen LogP) is 2.28. The first-order valence-electron chi connectivity index (χ1n) is 3.03. The molecule has 0 unspecified atom stereocenters. The van der Waals surface area contributed by atoms with Gasteiger partial charge in [-0.2, -0.15) is 0 Å². The van der Waals surface area contributed by atoms with Crippen LogP contribution >= 0.6 is 11.6 Å². The highest BCUT2D eigenvalue weighted by atomic mass is 35.5. The fourth-order valence-electron chi connectivity index (χ4n) is 0.657. The Morgan fingerprint density at radius 2 is 1.90 bits per heavy atom. The molecule has 10 heavy (non-hydrogen) atoms. The molecule has 0 amide bonds. The second kappa shape index (κ2) is 3.98. The van der Waals surface area contributed by atoms with Crippen molar-refractivity contribution in [3.8, 4) is 11.8 Å². The predicted molar refractivity (Wildman–Crippen MR) is 44.0 cm³/mol. The zero-order chi connectivity index (χ0) is 7.23. The molecule has 0 aliphatic heterocycles. The summed E-state index contributed by atoms with van der Waals surface area (Å²) in [5.41, 5.74) is 1.02. The number of halogens is 1. The lowest BCUT2D eigenvalue weighted by Crippen LogP contribution is -1.70. The number of alkyl halides is 1. The second-order valence-electron chi connectivity index (χ2n) is 1.80. The molecule has 50 valence electrons. The molecule has 0 saturated heterocycles. The van der Waals surface area contributed by atoms with Gasteiger partial charge in [-0.1, -0.05) is 30.0 Å². The largest absolute Gasteiger partial charge is 0.113 e. The van der Waals surface area contributed by atoms with Crippen molar-refractivity contribution in [1.29, 1.82) is 0 Å². The molecule has 0 spiro atoms. The van der Waals surface area contributed by atoms with Gasteiger partial charge in [-0.25, -0.2) is 0 Å². The van der Waals surface area contributed by atoms with Gasteiger partial charge in [0, 0.05) is 5.56 Å². The van der Waals surface area contributed by atoms with Crippen LogP contribution in [0, 0.1) is 11.8 Å². The van der Waals surface area contributed by atoms with Crippen LogP contribution in [0.2, 0.25) is 0 Å². The van der Waals surface area contributed by atoms with E-state index in [0.29, 0.717) is 5.88 Å². The van der Waals surface area contributed by atoms with Gasteiger partial charge in [0.05, 0.1) is 5.88 Å². The first-order chi connectivity index (χ1) is 4.93. The van der Waals surface area contributed by atoms with E-state index in [2.05, 4.69) is 11.8 Å². The van der Waals surface area contributed by atoms with E-state index < -0.39 is 0 Å². The van der Waals surface area contributed by atoms with Crippen LogP contribution in [0.5, 0.6) is 0 Å². The molecule has 0 aliphatic carbocycles. The third kappa shape index (κ3) is 2.13. The van der Waals surface area contributed by atoms with Crippen LogP contribution in [0.4, 0.5) is 0 Å². The summed E-state index contributed by atoms with van der Waals surface area (Å²) >= 11 is 5.38. The SMILES string of the molecule is ClCC#Cc1ccccc1. The summed E-state index contributed by atoms with van der Waals surface area (Å²) in [6.45, 7) is 0. The quantitative estimate of drug-likeness (QED) is 0.393.